The van der Waals surface area contributed by atoms with E-state index in [4.69, 9.17) is 4.74 Å². The number of methoxy groups -OCH3 is 1. The molecule has 0 aromatic heterocycles. The lowest BCUT2D eigenvalue weighted by Crippen LogP contribution is -2.26. The zero-order valence-electron chi connectivity index (χ0n) is 13.6. The largest absolute Gasteiger partial charge is 0.466 e. The summed E-state index contributed by atoms with van der Waals surface area (Å²) in [6.07, 6.45) is 3.22. The van der Waals surface area contributed by atoms with Crippen LogP contribution in [0.15, 0.2) is 42.5 Å². The first-order valence-electron chi connectivity index (χ1n) is 7.60. The van der Waals surface area contributed by atoms with Gasteiger partial charge in [0.25, 0.3) is 0 Å². The van der Waals surface area contributed by atoms with E-state index in [1.165, 1.54) is 13.2 Å². The summed E-state index contributed by atoms with van der Waals surface area (Å²) < 4.78 is 10.2. The van der Waals surface area contributed by atoms with Gasteiger partial charge < -0.3 is 14.6 Å². The molecule has 1 rings (SSSR count). The quantitative estimate of drug-likeness (QED) is 0.433. The Morgan fingerprint density at radius 2 is 1.95 bits per heavy atom. The lowest BCUT2D eigenvalue weighted by Gasteiger charge is -2.23. The molecule has 1 N–H and O–H groups in total. The van der Waals surface area contributed by atoms with Gasteiger partial charge in [-0.1, -0.05) is 50.3 Å². The molecule has 0 spiro atoms. The minimum absolute atomic E-state index is 0.112. The molecule has 0 saturated carbocycles. The zero-order chi connectivity index (χ0) is 16.4. The third-order valence-corrected chi connectivity index (χ3v) is 3.51. The van der Waals surface area contributed by atoms with Crippen LogP contribution in [0.2, 0.25) is 0 Å². The molecular formula is C18H26O4. The topological polar surface area (TPSA) is 55.8 Å². The number of hydrogen-bond donors (Lipinski definition) is 1. The van der Waals surface area contributed by atoms with Crippen LogP contribution in [0.3, 0.4) is 0 Å². The second-order valence-corrected chi connectivity index (χ2v) is 5.61. The number of carbonyl (C=O) groups is 1. The maximum Gasteiger partial charge on any atom is 0.330 e. The van der Waals surface area contributed by atoms with E-state index in [1.54, 1.807) is 6.08 Å². The van der Waals surface area contributed by atoms with E-state index in [-0.39, 0.29) is 11.8 Å². The average Bonchev–Trinajstić information content (AvgIpc) is 2.54. The van der Waals surface area contributed by atoms with Crippen LogP contribution in [0.1, 0.15) is 25.8 Å². The Kier molecular flexibility index (Phi) is 8.48. The highest BCUT2D eigenvalue weighted by atomic mass is 16.5. The summed E-state index contributed by atoms with van der Waals surface area (Å²) in [4.78, 5) is 11.2. The first-order valence-corrected chi connectivity index (χ1v) is 7.60. The monoisotopic (exact) mass is 306 g/mol. The SMILES string of the molecule is COC(=O)/C=C/[C@@H](CCOCc1ccccc1)[C@H](O)C(C)C. The van der Waals surface area contributed by atoms with E-state index in [2.05, 4.69) is 4.74 Å². The molecule has 0 saturated heterocycles. The number of ether oxygens (including phenoxy) is 2. The molecule has 2 atom stereocenters. The average molecular weight is 306 g/mol. The third-order valence-electron chi connectivity index (χ3n) is 3.51. The van der Waals surface area contributed by atoms with Crippen molar-refractivity contribution in [2.75, 3.05) is 13.7 Å². The fraction of sp³-hybridized carbons (Fsp3) is 0.500. The summed E-state index contributed by atoms with van der Waals surface area (Å²) in [6, 6.07) is 9.94. The van der Waals surface area contributed by atoms with Gasteiger partial charge in [-0.3, -0.25) is 0 Å². The second-order valence-electron chi connectivity index (χ2n) is 5.61. The molecule has 122 valence electrons. The van der Waals surface area contributed by atoms with Crippen LogP contribution in [-0.4, -0.2) is 30.9 Å². The Morgan fingerprint density at radius 1 is 1.27 bits per heavy atom. The van der Waals surface area contributed by atoms with E-state index in [9.17, 15) is 9.90 Å². The normalized spacial score (nSPS) is 14.2. The summed E-state index contributed by atoms with van der Waals surface area (Å²) in [5.41, 5.74) is 1.12. The van der Waals surface area contributed by atoms with Crippen molar-refractivity contribution in [1.82, 2.24) is 0 Å². The van der Waals surface area contributed by atoms with Crippen LogP contribution < -0.4 is 0 Å². The molecule has 0 aliphatic carbocycles. The van der Waals surface area contributed by atoms with Gasteiger partial charge in [0.2, 0.25) is 0 Å². The third kappa shape index (κ3) is 6.87. The number of esters is 1. The summed E-state index contributed by atoms with van der Waals surface area (Å²) in [6.45, 7) is 4.98. The maximum absolute atomic E-state index is 11.2. The Labute approximate surface area is 132 Å². The smallest absolute Gasteiger partial charge is 0.330 e. The van der Waals surface area contributed by atoms with Crippen LogP contribution >= 0.6 is 0 Å². The highest BCUT2D eigenvalue weighted by Crippen LogP contribution is 2.18. The minimum atomic E-state index is -0.513. The van der Waals surface area contributed by atoms with Gasteiger partial charge in [0.15, 0.2) is 0 Å². The summed E-state index contributed by atoms with van der Waals surface area (Å²) in [7, 11) is 1.34. The van der Waals surface area contributed by atoms with Crippen LogP contribution in [0.4, 0.5) is 0 Å². The van der Waals surface area contributed by atoms with Crippen molar-refractivity contribution >= 4 is 5.97 Å². The molecule has 4 heteroatoms. The van der Waals surface area contributed by atoms with Crippen LogP contribution in [0, 0.1) is 11.8 Å². The zero-order valence-corrected chi connectivity index (χ0v) is 13.6. The van der Waals surface area contributed by atoms with Crippen molar-refractivity contribution in [2.45, 2.75) is 33.0 Å². The molecule has 0 aliphatic heterocycles. The highest BCUT2D eigenvalue weighted by molar-refractivity contribution is 5.81. The molecule has 0 radical (unpaired) electrons. The summed E-state index contributed by atoms with van der Waals surface area (Å²) in [5.74, 6) is -0.428. The summed E-state index contributed by atoms with van der Waals surface area (Å²) >= 11 is 0. The molecule has 1 aromatic carbocycles. The van der Waals surface area contributed by atoms with E-state index >= 15 is 0 Å². The van der Waals surface area contributed by atoms with Crippen molar-refractivity contribution in [3.05, 3.63) is 48.0 Å². The van der Waals surface area contributed by atoms with Gasteiger partial charge in [0.05, 0.1) is 19.8 Å². The highest BCUT2D eigenvalue weighted by Gasteiger charge is 2.20. The predicted octanol–water partition coefficient (Wildman–Crippen LogP) is 2.96. The molecule has 0 amide bonds. The Morgan fingerprint density at radius 3 is 2.55 bits per heavy atom. The molecule has 0 unspecified atom stereocenters. The standard InChI is InChI=1S/C18H26O4/c1-14(2)18(20)16(9-10-17(19)21-3)11-12-22-13-15-7-5-4-6-8-15/h4-10,14,16,18,20H,11-13H2,1-3H3/b10-9+/t16-,18+/m0/s1. The number of benzene rings is 1. The van der Waals surface area contributed by atoms with Crippen molar-refractivity contribution < 1.29 is 19.4 Å². The van der Waals surface area contributed by atoms with Gasteiger partial charge in [-0.25, -0.2) is 4.79 Å². The Balaban J connectivity index is 2.46. The van der Waals surface area contributed by atoms with Crippen LogP contribution in [0.25, 0.3) is 0 Å². The lowest BCUT2D eigenvalue weighted by molar-refractivity contribution is -0.134. The van der Waals surface area contributed by atoms with Gasteiger partial charge in [-0.15, -0.1) is 0 Å². The molecule has 0 fully saturated rings. The predicted molar refractivity (Wildman–Crippen MR) is 86.2 cm³/mol. The molecule has 0 heterocycles. The molecule has 22 heavy (non-hydrogen) atoms. The molecule has 4 nitrogen and oxygen atoms in total. The van der Waals surface area contributed by atoms with E-state index < -0.39 is 12.1 Å². The van der Waals surface area contributed by atoms with Crippen molar-refractivity contribution in [3.8, 4) is 0 Å². The van der Waals surface area contributed by atoms with Gasteiger partial charge in [-0.2, -0.15) is 0 Å². The van der Waals surface area contributed by atoms with Crippen molar-refractivity contribution in [1.29, 1.82) is 0 Å². The molecule has 0 aliphatic rings. The van der Waals surface area contributed by atoms with Crippen molar-refractivity contribution in [3.63, 3.8) is 0 Å². The van der Waals surface area contributed by atoms with E-state index in [0.29, 0.717) is 19.6 Å². The molecule has 1 aromatic rings. The minimum Gasteiger partial charge on any atom is -0.466 e. The van der Waals surface area contributed by atoms with Gasteiger partial charge in [0, 0.05) is 18.6 Å². The lowest BCUT2D eigenvalue weighted by atomic mass is 9.90. The van der Waals surface area contributed by atoms with Gasteiger partial charge in [0.1, 0.15) is 0 Å². The van der Waals surface area contributed by atoms with Gasteiger partial charge >= 0.3 is 5.97 Å². The Hall–Kier alpha value is -1.65. The number of carbonyl (C=O) groups excluding carboxylic acids is 1. The Bertz CT molecular complexity index is 453. The molecular weight excluding hydrogens is 280 g/mol. The fourth-order valence-corrected chi connectivity index (χ4v) is 2.13. The van der Waals surface area contributed by atoms with Crippen molar-refractivity contribution in [2.24, 2.45) is 11.8 Å². The van der Waals surface area contributed by atoms with Crippen LogP contribution in [-0.2, 0) is 20.9 Å². The maximum atomic E-state index is 11.2. The first-order chi connectivity index (χ1) is 10.5. The van der Waals surface area contributed by atoms with E-state index in [1.807, 2.05) is 44.2 Å². The van der Waals surface area contributed by atoms with Crippen LogP contribution in [0.5, 0.6) is 0 Å². The number of aliphatic hydroxyl groups excluding tert-OH is 1. The molecule has 0 bridgehead atoms. The number of rotatable bonds is 9. The second kappa shape index (κ2) is 10.1. The summed E-state index contributed by atoms with van der Waals surface area (Å²) in [5, 5.41) is 10.2. The van der Waals surface area contributed by atoms with E-state index in [0.717, 1.165) is 5.56 Å². The number of hydrogen-bond acceptors (Lipinski definition) is 4. The fourth-order valence-electron chi connectivity index (χ4n) is 2.13. The van der Waals surface area contributed by atoms with Gasteiger partial charge in [-0.05, 0) is 17.9 Å². The number of aliphatic hydroxyl groups is 1. The first kappa shape index (κ1) is 18.4.